The molecule has 1 aromatic rings. The van der Waals surface area contributed by atoms with Gasteiger partial charge in [-0.15, -0.1) is 0 Å². The Balaban J connectivity index is 2.71. The molecular formula is C9H14O2SSi. The summed E-state index contributed by atoms with van der Waals surface area (Å²) in [6.07, 6.45) is 0. The average molecular weight is 214 g/mol. The largest absolute Gasteiger partial charge is 0.332 e. The fraction of sp³-hybridized carbons (Fsp3) is 0.333. The molecule has 2 nitrogen and oxygen atoms in total. The highest BCUT2D eigenvalue weighted by Crippen LogP contribution is 2.12. The van der Waals surface area contributed by atoms with Crippen LogP contribution in [0.3, 0.4) is 0 Å². The molecule has 0 saturated carbocycles. The van der Waals surface area contributed by atoms with Gasteiger partial charge in [0, 0.05) is 0 Å². The molecule has 1 atom stereocenters. The van der Waals surface area contributed by atoms with Crippen LogP contribution in [0.1, 0.15) is 0 Å². The lowest BCUT2D eigenvalue weighted by molar-refractivity contribution is 0.563. The van der Waals surface area contributed by atoms with Crippen molar-refractivity contribution in [3.8, 4) is 0 Å². The van der Waals surface area contributed by atoms with Crippen LogP contribution in [0, 0.1) is 0 Å². The summed E-state index contributed by atoms with van der Waals surface area (Å²) >= 11 is -1.29. The quantitative estimate of drug-likeness (QED) is 0.723. The molecule has 0 spiro atoms. The van der Waals surface area contributed by atoms with Crippen molar-refractivity contribution in [3.05, 3.63) is 30.3 Å². The normalized spacial score (nSPS) is 14.1. The summed E-state index contributed by atoms with van der Waals surface area (Å²) in [6.45, 7) is 6.06. The summed E-state index contributed by atoms with van der Waals surface area (Å²) in [5, 5.41) is 0. The van der Waals surface area contributed by atoms with E-state index < -0.39 is 19.4 Å². The summed E-state index contributed by atoms with van der Waals surface area (Å²) in [4.78, 5) is 0.741. The summed E-state index contributed by atoms with van der Waals surface area (Å²) < 4.78 is 17.0. The Morgan fingerprint density at radius 3 is 2.15 bits per heavy atom. The van der Waals surface area contributed by atoms with Crippen LogP contribution in [-0.2, 0) is 15.0 Å². The van der Waals surface area contributed by atoms with Gasteiger partial charge >= 0.3 is 0 Å². The van der Waals surface area contributed by atoms with Gasteiger partial charge in [0.05, 0.1) is 4.90 Å². The SMILES string of the molecule is C[Si](C)(C)O[S@@](=O)c1ccccc1. The second kappa shape index (κ2) is 4.17. The molecule has 1 rings (SSSR count). The molecule has 0 bridgehead atoms. The van der Waals surface area contributed by atoms with Crippen LogP contribution in [-0.4, -0.2) is 12.5 Å². The summed E-state index contributed by atoms with van der Waals surface area (Å²) in [5.74, 6) is 0. The average Bonchev–Trinajstić information content (AvgIpc) is 2.03. The van der Waals surface area contributed by atoms with Crippen molar-refractivity contribution in [2.45, 2.75) is 24.5 Å². The number of hydrogen-bond acceptors (Lipinski definition) is 2. The molecule has 13 heavy (non-hydrogen) atoms. The maximum Gasteiger partial charge on any atom is 0.205 e. The zero-order valence-corrected chi connectivity index (χ0v) is 9.93. The minimum absolute atomic E-state index is 0.741. The van der Waals surface area contributed by atoms with E-state index in [1.54, 1.807) is 0 Å². The van der Waals surface area contributed by atoms with Gasteiger partial charge in [0.1, 0.15) is 0 Å². The van der Waals surface area contributed by atoms with Gasteiger partial charge < -0.3 is 3.87 Å². The van der Waals surface area contributed by atoms with Gasteiger partial charge in [0.2, 0.25) is 8.32 Å². The van der Waals surface area contributed by atoms with Crippen LogP contribution in [0.4, 0.5) is 0 Å². The van der Waals surface area contributed by atoms with E-state index in [1.807, 2.05) is 50.0 Å². The van der Waals surface area contributed by atoms with Crippen molar-refractivity contribution >= 4 is 19.4 Å². The summed E-state index contributed by atoms with van der Waals surface area (Å²) in [6, 6.07) is 9.25. The third kappa shape index (κ3) is 3.84. The third-order valence-corrected chi connectivity index (χ3v) is 4.52. The minimum Gasteiger partial charge on any atom is -0.332 e. The van der Waals surface area contributed by atoms with E-state index >= 15 is 0 Å². The smallest absolute Gasteiger partial charge is 0.205 e. The summed E-state index contributed by atoms with van der Waals surface area (Å²) in [5.41, 5.74) is 0. The van der Waals surface area contributed by atoms with Crippen LogP contribution in [0.15, 0.2) is 35.2 Å². The monoisotopic (exact) mass is 214 g/mol. The van der Waals surface area contributed by atoms with Crippen molar-refractivity contribution in [1.29, 1.82) is 0 Å². The lowest BCUT2D eigenvalue weighted by Gasteiger charge is -2.15. The van der Waals surface area contributed by atoms with E-state index in [1.165, 1.54) is 0 Å². The molecular weight excluding hydrogens is 200 g/mol. The first-order valence-corrected chi connectivity index (χ1v) is 8.64. The van der Waals surface area contributed by atoms with Crippen molar-refractivity contribution in [1.82, 2.24) is 0 Å². The Morgan fingerprint density at radius 1 is 1.15 bits per heavy atom. The number of hydrogen-bond donors (Lipinski definition) is 0. The third-order valence-electron chi connectivity index (χ3n) is 1.26. The van der Waals surface area contributed by atoms with Gasteiger partial charge in [0.25, 0.3) is 0 Å². The molecule has 4 heteroatoms. The van der Waals surface area contributed by atoms with E-state index in [0.29, 0.717) is 0 Å². The van der Waals surface area contributed by atoms with Gasteiger partial charge in [-0.1, -0.05) is 18.2 Å². The zero-order valence-electron chi connectivity index (χ0n) is 8.11. The molecule has 0 aliphatic rings. The van der Waals surface area contributed by atoms with E-state index in [0.717, 1.165) is 4.90 Å². The van der Waals surface area contributed by atoms with Gasteiger partial charge in [-0.2, -0.15) is 0 Å². The van der Waals surface area contributed by atoms with Crippen molar-refractivity contribution < 1.29 is 8.08 Å². The molecule has 0 unspecified atom stereocenters. The van der Waals surface area contributed by atoms with Crippen LogP contribution in [0.5, 0.6) is 0 Å². The molecule has 0 aliphatic carbocycles. The predicted molar refractivity (Wildman–Crippen MR) is 57.3 cm³/mol. The van der Waals surface area contributed by atoms with Crippen LogP contribution in [0.25, 0.3) is 0 Å². The van der Waals surface area contributed by atoms with Crippen molar-refractivity contribution in [2.75, 3.05) is 0 Å². The van der Waals surface area contributed by atoms with Crippen LogP contribution < -0.4 is 0 Å². The molecule has 0 N–H and O–H groups in total. The maximum absolute atomic E-state index is 11.6. The Labute approximate surface area is 82.7 Å². The first-order valence-electron chi connectivity index (χ1n) is 4.15. The Bertz CT molecular complexity index is 292. The van der Waals surface area contributed by atoms with Crippen LogP contribution >= 0.6 is 0 Å². The van der Waals surface area contributed by atoms with Crippen LogP contribution in [0.2, 0.25) is 19.6 Å². The predicted octanol–water partition coefficient (Wildman–Crippen LogP) is 2.56. The molecule has 1 aromatic carbocycles. The van der Waals surface area contributed by atoms with E-state index in [2.05, 4.69) is 0 Å². The first-order chi connectivity index (χ1) is 5.99. The maximum atomic E-state index is 11.6. The lowest BCUT2D eigenvalue weighted by Crippen LogP contribution is -2.26. The lowest BCUT2D eigenvalue weighted by atomic mass is 10.4. The topological polar surface area (TPSA) is 26.3 Å². The van der Waals surface area contributed by atoms with E-state index in [-0.39, 0.29) is 0 Å². The molecule has 0 amide bonds. The Kier molecular flexibility index (Phi) is 3.41. The Hall–Kier alpha value is -0.453. The van der Waals surface area contributed by atoms with Gasteiger partial charge in [-0.05, 0) is 31.8 Å². The molecule has 0 radical (unpaired) electrons. The standard InChI is InChI=1S/C9H14O2SSi/c1-13(2,3)11-12(10)9-7-5-4-6-8-9/h4-8H,1-3H3/t12-/m1/s1. The van der Waals surface area contributed by atoms with E-state index in [9.17, 15) is 4.21 Å². The highest BCUT2D eigenvalue weighted by molar-refractivity contribution is 7.81. The van der Waals surface area contributed by atoms with Gasteiger partial charge in [-0.3, -0.25) is 0 Å². The molecule has 72 valence electrons. The molecule has 0 fully saturated rings. The first kappa shape index (κ1) is 10.6. The van der Waals surface area contributed by atoms with Crippen molar-refractivity contribution in [3.63, 3.8) is 0 Å². The molecule has 0 aliphatic heterocycles. The molecule has 0 aromatic heterocycles. The number of rotatable bonds is 3. The van der Waals surface area contributed by atoms with Crippen molar-refractivity contribution in [2.24, 2.45) is 0 Å². The summed E-state index contributed by atoms with van der Waals surface area (Å²) in [7, 11) is -1.70. The zero-order chi connectivity index (χ0) is 9.90. The fourth-order valence-corrected chi connectivity index (χ4v) is 3.39. The fourth-order valence-electron chi connectivity index (χ4n) is 0.807. The van der Waals surface area contributed by atoms with Gasteiger partial charge in [-0.25, -0.2) is 4.21 Å². The highest BCUT2D eigenvalue weighted by Gasteiger charge is 2.19. The van der Waals surface area contributed by atoms with Gasteiger partial charge in [0.15, 0.2) is 11.1 Å². The second-order valence-corrected chi connectivity index (χ2v) is 9.58. The minimum atomic E-state index is -1.70. The molecule has 0 heterocycles. The second-order valence-electron chi connectivity index (χ2n) is 3.74. The number of benzene rings is 1. The molecule has 0 saturated heterocycles. The Morgan fingerprint density at radius 2 is 1.69 bits per heavy atom. The highest BCUT2D eigenvalue weighted by atomic mass is 32.2. The van der Waals surface area contributed by atoms with E-state index in [4.69, 9.17) is 3.87 Å².